The van der Waals surface area contributed by atoms with Gasteiger partial charge in [-0.1, -0.05) is 0 Å². The summed E-state index contributed by atoms with van der Waals surface area (Å²) < 4.78 is 0.896. The average Bonchev–Trinajstić information content (AvgIpc) is 2.15. The van der Waals surface area contributed by atoms with E-state index in [0.717, 1.165) is 0 Å². The fraction of sp³-hybridized carbons (Fsp3) is 0. The smallest absolute Gasteiger partial charge is 0.334 e. The van der Waals surface area contributed by atoms with E-state index >= 15 is 0 Å². The maximum absolute atomic E-state index is 7.08. The quantitative estimate of drug-likeness (QED) is 0.165. The molecule has 0 saturated heterocycles. The van der Waals surface area contributed by atoms with Crippen molar-refractivity contribution in [1.82, 2.24) is 0 Å². The zero-order chi connectivity index (χ0) is 7.78. The van der Waals surface area contributed by atoms with Crippen molar-refractivity contribution in [1.29, 1.82) is 5.41 Å². The van der Waals surface area contributed by atoms with Crippen LogP contribution in [0.3, 0.4) is 0 Å². The summed E-state index contributed by atoms with van der Waals surface area (Å²) >= 11 is 9.68. The van der Waals surface area contributed by atoms with Gasteiger partial charge in [0, 0.05) is 0 Å². The third kappa shape index (κ3) is 0.898. The molecule has 0 aromatic carbocycles. The Hall–Kier alpha value is -0.590. The number of nitrogens with two attached hydrogens (primary N) is 1. The predicted molar refractivity (Wildman–Crippen MR) is 42.4 cm³/mol. The van der Waals surface area contributed by atoms with Crippen LogP contribution in [0.1, 0.15) is 0 Å². The minimum Gasteiger partial charge on any atom is -0.405 e. The first-order chi connectivity index (χ1) is 4.57. The summed E-state index contributed by atoms with van der Waals surface area (Å²) in [4.78, 5) is 0. The van der Waals surface area contributed by atoms with Crippen LogP contribution in [0, 0.1) is 5.41 Å². The molecule has 1 atom stereocenters. The van der Waals surface area contributed by atoms with Crippen LogP contribution in [0.25, 0.3) is 0 Å². The van der Waals surface area contributed by atoms with Crippen LogP contribution in [0.5, 0.6) is 0 Å². The Balaban J connectivity index is 3.00. The summed E-state index contributed by atoms with van der Waals surface area (Å²) in [6.07, 6.45) is 4.82. The third-order valence-electron chi connectivity index (χ3n) is 1.14. The summed E-state index contributed by atoms with van der Waals surface area (Å²) in [7, 11) is 0. The lowest BCUT2D eigenvalue weighted by atomic mass is 10.7. The van der Waals surface area contributed by atoms with Gasteiger partial charge in [-0.25, -0.2) is 5.41 Å². The summed E-state index contributed by atoms with van der Waals surface area (Å²) in [5, 5.41) is 7.08. The van der Waals surface area contributed by atoms with E-state index in [4.69, 9.17) is 36.8 Å². The number of rotatable bonds is 0. The number of nitrogens with one attached hydrogen (secondary N) is 1. The molecule has 1 aliphatic heterocycles. The second-order valence-corrected chi connectivity index (χ2v) is 2.73. The molecule has 0 saturated carbocycles. The molecular formula is C4H6N4S2. The molecule has 1 aliphatic rings. The van der Waals surface area contributed by atoms with Crippen molar-refractivity contribution in [3.63, 3.8) is 0 Å². The fourth-order valence-corrected chi connectivity index (χ4v) is 0.917. The Morgan fingerprint density at radius 2 is 2.30 bits per heavy atom. The first-order valence-corrected chi connectivity index (χ1v) is 3.24. The lowest BCUT2D eigenvalue weighted by molar-refractivity contribution is -1.11. The lowest BCUT2D eigenvalue weighted by Gasteiger charge is -2.30. The number of guanidine groups is 1. The summed E-state index contributed by atoms with van der Waals surface area (Å²) in [5.74, 6) is -0.171. The van der Waals surface area contributed by atoms with Crippen LogP contribution in [0.15, 0.2) is 12.3 Å². The normalized spacial score (nSPS) is 30.3. The first kappa shape index (κ1) is 7.52. The number of nitrogens with zero attached hydrogens (tertiary/aromatic N) is 2. The second kappa shape index (κ2) is 2.22. The van der Waals surface area contributed by atoms with Crippen LogP contribution >= 0.6 is 0 Å². The van der Waals surface area contributed by atoms with E-state index in [1.54, 1.807) is 18.5 Å². The van der Waals surface area contributed by atoms with E-state index in [0.29, 0.717) is 0 Å². The van der Waals surface area contributed by atoms with E-state index in [-0.39, 0.29) is 9.96 Å². The molecule has 0 aromatic heterocycles. The van der Waals surface area contributed by atoms with E-state index in [1.165, 1.54) is 4.09 Å². The van der Waals surface area contributed by atoms with Gasteiger partial charge in [0.1, 0.15) is 6.20 Å². The van der Waals surface area contributed by atoms with Crippen LogP contribution in [0.4, 0.5) is 0 Å². The Bertz CT molecular complexity index is 233. The molecule has 54 valence electrons. The molecule has 3 N–H and O–H groups in total. The molecule has 6 heteroatoms. The summed E-state index contributed by atoms with van der Waals surface area (Å²) in [5.41, 5.74) is 5.19. The highest BCUT2D eigenvalue weighted by Gasteiger charge is 2.25. The van der Waals surface area contributed by atoms with Gasteiger partial charge in [-0.3, -0.25) is 0 Å². The van der Waals surface area contributed by atoms with Crippen molar-refractivity contribution in [2.24, 2.45) is 5.73 Å². The molecule has 1 heterocycles. The van der Waals surface area contributed by atoms with Gasteiger partial charge in [-0.05, 0) is 0 Å². The second-order valence-electron chi connectivity index (χ2n) is 1.80. The van der Waals surface area contributed by atoms with Crippen molar-refractivity contribution in [3.05, 3.63) is 12.3 Å². The van der Waals surface area contributed by atoms with Crippen LogP contribution in [-0.4, -0.2) is 20.3 Å². The molecule has 0 bridgehead atoms. The molecule has 0 aliphatic carbocycles. The minimum absolute atomic E-state index is 0.171. The van der Waals surface area contributed by atoms with Gasteiger partial charge in [-0.2, -0.15) is 4.09 Å². The standard InChI is InChI=1S/C4H6N4S2/c5-4(6)8(10)3-1-2-7(8)9/h1-3H,(H3,5,6). The molecule has 1 rings (SSSR count). The number of hydrogen-bond donors (Lipinski definition) is 2. The molecule has 4 nitrogen and oxygen atoms in total. The highest BCUT2D eigenvalue weighted by atomic mass is 32.1. The molecule has 0 fully saturated rings. The molecule has 0 aromatic rings. The van der Waals surface area contributed by atoms with Crippen LogP contribution in [0.2, 0.25) is 0 Å². The monoisotopic (exact) mass is 174 g/mol. The topological polar surface area (TPSA) is 52.9 Å². The van der Waals surface area contributed by atoms with Crippen molar-refractivity contribution >= 4 is 37.8 Å². The Labute approximate surface area is 69.8 Å². The molecule has 0 spiro atoms. The zero-order valence-corrected chi connectivity index (χ0v) is 6.65. The molecular weight excluding hydrogens is 168 g/mol. The third-order valence-corrected chi connectivity index (χ3v) is 2.12. The fourth-order valence-electron chi connectivity index (χ4n) is 0.580. The predicted octanol–water partition coefficient (Wildman–Crippen LogP) is -0.854. The van der Waals surface area contributed by atoms with Crippen LogP contribution in [-0.2, 0) is 25.6 Å². The minimum atomic E-state index is -0.352. The van der Waals surface area contributed by atoms with Gasteiger partial charge in [0.25, 0.3) is 0 Å². The number of quaternary nitrogens is 1. The van der Waals surface area contributed by atoms with Crippen molar-refractivity contribution < 1.29 is 8.09 Å². The Kier molecular flexibility index (Phi) is 1.67. The summed E-state index contributed by atoms with van der Waals surface area (Å²) in [6.45, 7) is 0. The number of hydrogen-bond acceptors (Lipinski definition) is 3. The van der Waals surface area contributed by atoms with Gasteiger partial charge in [-0.15, -0.1) is 4.00 Å². The maximum Gasteiger partial charge on any atom is 0.334 e. The first-order valence-electron chi connectivity index (χ1n) is 2.51. The van der Waals surface area contributed by atoms with Gasteiger partial charge in [0.2, 0.25) is 6.21 Å². The number of allylic oxidation sites excluding steroid dienone is 1. The van der Waals surface area contributed by atoms with E-state index < -0.39 is 0 Å². The van der Waals surface area contributed by atoms with Crippen molar-refractivity contribution in [2.75, 3.05) is 0 Å². The van der Waals surface area contributed by atoms with E-state index in [1.807, 2.05) is 0 Å². The zero-order valence-electron chi connectivity index (χ0n) is 5.02. The Morgan fingerprint density at radius 3 is 2.50 bits per heavy atom. The van der Waals surface area contributed by atoms with Crippen molar-refractivity contribution in [3.8, 4) is 0 Å². The average molecular weight is 174 g/mol. The van der Waals surface area contributed by atoms with Gasteiger partial charge in [0.15, 0.2) is 0 Å². The Morgan fingerprint density at radius 1 is 1.70 bits per heavy atom. The molecule has 0 amide bonds. The lowest BCUT2D eigenvalue weighted by Crippen LogP contribution is -2.50. The van der Waals surface area contributed by atoms with E-state index in [9.17, 15) is 0 Å². The van der Waals surface area contributed by atoms with E-state index in [2.05, 4.69) is 0 Å². The molecule has 1 unspecified atom stereocenters. The van der Waals surface area contributed by atoms with Gasteiger partial charge in [0.05, 0.1) is 6.08 Å². The highest BCUT2D eigenvalue weighted by molar-refractivity contribution is 7.54. The molecule has 10 heavy (non-hydrogen) atoms. The van der Waals surface area contributed by atoms with Crippen molar-refractivity contribution in [2.45, 2.75) is 0 Å². The van der Waals surface area contributed by atoms with Crippen LogP contribution < -0.4 is 5.73 Å². The van der Waals surface area contributed by atoms with Gasteiger partial charge >= 0.3 is 5.96 Å². The molecule has 0 radical (unpaired) electrons. The maximum atomic E-state index is 7.08. The summed E-state index contributed by atoms with van der Waals surface area (Å²) in [6, 6.07) is 0. The largest absolute Gasteiger partial charge is 0.405 e. The highest BCUT2D eigenvalue weighted by Crippen LogP contribution is 2.07. The SMILES string of the molecule is N=C(N)[N+]1([S-])C=CC=[N+]1[S-]. The van der Waals surface area contributed by atoms with Gasteiger partial charge < -0.3 is 31.4 Å².